The number of amides is 2. The highest BCUT2D eigenvalue weighted by Crippen LogP contribution is 2.36. The summed E-state index contributed by atoms with van der Waals surface area (Å²) in [5.74, 6) is -0.0388. The van der Waals surface area contributed by atoms with Crippen LogP contribution in [0.1, 0.15) is 62.5 Å². The lowest BCUT2D eigenvalue weighted by Crippen LogP contribution is -2.41. The minimum Gasteiger partial charge on any atom is -0.490 e. The zero-order valence-corrected chi connectivity index (χ0v) is 20.3. The first-order valence-electron chi connectivity index (χ1n) is 11.1. The SMILES string of the molecule is CC(C)(C)OC(=O)c1cc(O[C@H]2CC[C@@H](NC(=O)Nc3ccc(Cl)c(C(F)(F)F)c3)CC2)ccn1. The second kappa shape index (κ2) is 10.7. The number of hydrogen-bond acceptors (Lipinski definition) is 5. The molecule has 0 saturated heterocycles. The Morgan fingerprint density at radius 3 is 2.37 bits per heavy atom. The highest BCUT2D eigenvalue weighted by molar-refractivity contribution is 6.31. The van der Waals surface area contributed by atoms with Crippen LogP contribution in [0.25, 0.3) is 0 Å². The maximum absolute atomic E-state index is 13.0. The van der Waals surface area contributed by atoms with Gasteiger partial charge in [-0.1, -0.05) is 11.6 Å². The predicted molar refractivity (Wildman–Crippen MR) is 125 cm³/mol. The number of rotatable bonds is 5. The van der Waals surface area contributed by atoms with E-state index in [1.54, 1.807) is 26.8 Å². The number of urea groups is 1. The third kappa shape index (κ3) is 8.02. The van der Waals surface area contributed by atoms with Gasteiger partial charge in [0.25, 0.3) is 0 Å². The molecule has 1 saturated carbocycles. The normalized spacial score (nSPS) is 18.5. The number of hydrogen-bond donors (Lipinski definition) is 2. The predicted octanol–water partition coefficient (Wildman–Crippen LogP) is 6.22. The Bertz CT molecular complexity index is 1060. The number of alkyl halides is 3. The van der Waals surface area contributed by atoms with Crippen molar-refractivity contribution in [3.8, 4) is 5.75 Å². The first-order valence-corrected chi connectivity index (χ1v) is 11.5. The number of ether oxygens (including phenoxy) is 2. The number of halogens is 4. The molecule has 3 rings (SSSR count). The maximum Gasteiger partial charge on any atom is 0.417 e. The van der Waals surface area contributed by atoms with Crippen LogP contribution < -0.4 is 15.4 Å². The van der Waals surface area contributed by atoms with Gasteiger partial charge >= 0.3 is 18.2 Å². The van der Waals surface area contributed by atoms with E-state index in [1.165, 1.54) is 18.3 Å². The topological polar surface area (TPSA) is 89.5 Å². The van der Waals surface area contributed by atoms with Crippen LogP contribution in [-0.4, -0.2) is 34.7 Å². The van der Waals surface area contributed by atoms with Gasteiger partial charge < -0.3 is 20.1 Å². The van der Waals surface area contributed by atoms with E-state index in [0.29, 0.717) is 31.4 Å². The maximum atomic E-state index is 13.0. The Hall–Kier alpha value is -3.01. The number of carbonyl (C=O) groups is 2. The Balaban J connectivity index is 1.49. The minimum atomic E-state index is -4.62. The van der Waals surface area contributed by atoms with Gasteiger partial charge in [-0.05, 0) is 70.7 Å². The number of nitrogens with one attached hydrogen (secondary N) is 2. The molecule has 2 N–H and O–H groups in total. The zero-order chi connectivity index (χ0) is 25.8. The number of anilines is 1. The van der Waals surface area contributed by atoms with Crippen LogP contribution in [-0.2, 0) is 10.9 Å². The highest BCUT2D eigenvalue weighted by Gasteiger charge is 2.33. The van der Waals surface area contributed by atoms with Crippen LogP contribution in [0.3, 0.4) is 0 Å². The number of nitrogens with zero attached hydrogens (tertiary/aromatic N) is 1. The molecule has 7 nitrogen and oxygen atoms in total. The third-order valence-electron chi connectivity index (χ3n) is 5.18. The Morgan fingerprint density at radius 1 is 1.06 bits per heavy atom. The van der Waals surface area contributed by atoms with E-state index in [-0.39, 0.29) is 23.5 Å². The van der Waals surface area contributed by atoms with E-state index < -0.39 is 34.4 Å². The molecule has 2 amide bonds. The van der Waals surface area contributed by atoms with E-state index in [4.69, 9.17) is 21.1 Å². The molecule has 0 bridgehead atoms. The fourth-order valence-electron chi connectivity index (χ4n) is 3.62. The summed E-state index contributed by atoms with van der Waals surface area (Å²) in [6.07, 6.45) is -0.718. The number of esters is 1. The largest absolute Gasteiger partial charge is 0.490 e. The molecule has 1 aliphatic carbocycles. The van der Waals surface area contributed by atoms with Gasteiger partial charge in [0, 0.05) is 24.0 Å². The first-order chi connectivity index (χ1) is 16.3. The smallest absolute Gasteiger partial charge is 0.417 e. The van der Waals surface area contributed by atoms with Crippen molar-refractivity contribution >= 4 is 29.3 Å². The van der Waals surface area contributed by atoms with Crippen LogP contribution in [0.4, 0.5) is 23.7 Å². The molecular formula is C24H27ClF3N3O4. The molecular weight excluding hydrogens is 487 g/mol. The molecule has 1 fully saturated rings. The van der Waals surface area contributed by atoms with Gasteiger partial charge in [-0.15, -0.1) is 0 Å². The van der Waals surface area contributed by atoms with Gasteiger partial charge in [-0.2, -0.15) is 13.2 Å². The molecule has 11 heteroatoms. The summed E-state index contributed by atoms with van der Waals surface area (Å²) in [5, 5.41) is 4.77. The van der Waals surface area contributed by atoms with Crippen molar-refractivity contribution in [2.45, 2.75) is 70.4 Å². The van der Waals surface area contributed by atoms with Crippen molar-refractivity contribution in [2.24, 2.45) is 0 Å². The fourth-order valence-corrected chi connectivity index (χ4v) is 3.84. The molecule has 0 radical (unpaired) electrons. The number of carbonyl (C=O) groups excluding carboxylic acids is 2. The lowest BCUT2D eigenvalue weighted by atomic mass is 9.93. The van der Waals surface area contributed by atoms with E-state index in [9.17, 15) is 22.8 Å². The number of pyridine rings is 1. The summed E-state index contributed by atoms with van der Waals surface area (Å²) in [6.45, 7) is 5.31. The van der Waals surface area contributed by atoms with Gasteiger partial charge in [-0.25, -0.2) is 14.6 Å². The van der Waals surface area contributed by atoms with Gasteiger partial charge in [0.1, 0.15) is 11.4 Å². The average molecular weight is 514 g/mol. The quantitative estimate of drug-likeness (QED) is 0.463. The summed E-state index contributed by atoms with van der Waals surface area (Å²) >= 11 is 5.61. The summed E-state index contributed by atoms with van der Waals surface area (Å²) in [6, 6.07) is 5.64. The summed E-state index contributed by atoms with van der Waals surface area (Å²) in [7, 11) is 0. The van der Waals surface area contributed by atoms with E-state index in [2.05, 4.69) is 15.6 Å². The van der Waals surface area contributed by atoms with Crippen LogP contribution in [0.5, 0.6) is 5.75 Å². The van der Waals surface area contributed by atoms with Gasteiger partial charge in [0.15, 0.2) is 5.69 Å². The standard InChI is InChI=1S/C24H27ClF3N3O4/c1-23(2,3)35-21(32)20-13-17(10-11-29-20)34-16-7-4-14(5-8-16)30-22(33)31-15-6-9-19(25)18(12-15)24(26,27)28/h6,9-14,16H,4-5,7-8H2,1-3H3,(H2,30,31,33)/t14-,16+. The highest BCUT2D eigenvalue weighted by atomic mass is 35.5. The number of benzene rings is 1. The van der Waals surface area contributed by atoms with Crippen LogP contribution in [0.2, 0.25) is 5.02 Å². The summed E-state index contributed by atoms with van der Waals surface area (Å²) < 4.78 is 50.3. The van der Waals surface area contributed by atoms with Crippen LogP contribution in [0.15, 0.2) is 36.5 Å². The first kappa shape index (κ1) is 26.6. The van der Waals surface area contributed by atoms with E-state index >= 15 is 0 Å². The fraction of sp³-hybridized carbons (Fsp3) is 0.458. The van der Waals surface area contributed by atoms with Crippen molar-refractivity contribution < 1.29 is 32.2 Å². The van der Waals surface area contributed by atoms with E-state index in [0.717, 1.165) is 12.1 Å². The Morgan fingerprint density at radius 2 is 1.74 bits per heavy atom. The van der Waals surface area contributed by atoms with Crippen LogP contribution >= 0.6 is 11.6 Å². The summed E-state index contributed by atoms with van der Waals surface area (Å²) in [5.41, 5.74) is -1.50. The molecule has 1 aliphatic rings. The molecule has 2 aromatic rings. The molecule has 0 aliphatic heterocycles. The lowest BCUT2D eigenvalue weighted by molar-refractivity contribution is -0.137. The second-order valence-corrected chi connectivity index (χ2v) is 9.67. The van der Waals surface area contributed by atoms with Crippen molar-refractivity contribution in [2.75, 3.05) is 5.32 Å². The monoisotopic (exact) mass is 513 g/mol. The van der Waals surface area contributed by atoms with Gasteiger partial charge in [-0.3, -0.25) is 0 Å². The molecule has 190 valence electrons. The van der Waals surface area contributed by atoms with E-state index in [1.807, 2.05) is 0 Å². The molecule has 0 atom stereocenters. The molecule has 1 aromatic carbocycles. The zero-order valence-electron chi connectivity index (χ0n) is 19.5. The van der Waals surface area contributed by atoms with Gasteiger partial charge in [0.2, 0.25) is 0 Å². The second-order valence-electron chi connectivity index (χ2n) is 9.26. The third-order valence-corrected chi connectivity index (χ3v) is 5.51. The van der Waals surface area contributed by atoms with Crippen molar-refractivity contribution in [1.29, 1.82) is 0 Å². The molecule has 1 aromatic heterocycles. The van der Waals surface area contributed by atoms with Gasteiger partial charge in [0.05, 0.1) is 16.7 Å². The van der Waals surface area contributed by atoms with Crippen molar-refractivity contribution in [3.63, 3.8) is 0 Å². The van der Waals surface area contributed by atoms with Crippen molar-refractivity contribution in [3.05, 3.63) is 52.8 Å². The Kier molecular flexibility index (Phi) is 8.15. The Labute approximate surface area is 206 Å². The molecule has 35 heavy (non-hydrogen) atoms. The molecule has 0 spiro atoms. The number of aromatic nitrogens is 1. The average Bonchev–Trinajstić information content (AvgIpc) is 2.75. The molecule has 0 unspecified atom stereocenters. The summed E-state index contributed by atoms with van der Waals surface area (Å²) in [4.78, 5) is 28.5. The lowest BCUT2D eigenvalue weighted by Gasteiger charge is -2.29. The van der Waals surface area contributed by atoms with Crippen LogP contribution in [0, 0.1) is 0 Å². The van der Waals surface area contributed by atoms with Crippen molar-refractivity contribution in [1.82, 2.24) is 10.3 Å². The molecule has 1 heterocycles. The minimum absolute atomic E-state index is 0.00489.